The van der Waals surface area contributed by atoms with Crippen LogP contribution in [0.3, 0.4) is 0 Å². The van der Waals surface area contributed by atoms with Crippen LogP contribution in [0.2, 0.25) is 0 Å². The molecule has 1 aliphatic carbocycles. The van der Waals surface area contributed by atoms with Crippen LogP contribution in [0.25, 0.3) is 0 Å². The molecule has 0 amide bonds. The fourth-order valence-corrected chi connectivity index (χ4v) is 2.88. The van der Waals surface area contributed by atoms with Crippen LogP contribution in [-0.4, -0.2) is 18.5 Å². The molecule has 1 fully saturated rings. The van der Waals surface area contributed by atoms with Crippen molar-refractivity contribution in [3.63, 3.8) is 0 Å². The summed E-state index contributed by atoms with van der Waals surface area (Å²) in [7, 11) is 2.10. The number of nitrogen functional groups attached to an aromatic ring is 1. The molecule has 0 aromatic heterocycles. The third kappa shape index (κ3) is 3.70. The lowest BCUT2D eigenvalue weighted by Gasteiger charge is -2.27. The van der Waals surface area contributed by atoms with Gasteiger partial charge in [-0.1, -0.05) is 19.3 Å². The van der Waals surface area contributed by atoms with Gasteiger partial charge in [-0.05, 0) is 49.6 Å². The maximum atomic E-state index is 13.2. The van der Waals surface area contributed by atoms with Crippen molar-refractivity contribution in [1.29, 1.82) is 0 Å². The molecule has 1 aromatic rings. The SMILES string of the molecule is CN(Cc1cc(F)ccc1N)CC1CCCCC1. The first-order chi connectivity index (χ1) is 8.65. The number of hydrogen-bond donors (Lipinski definition) is 1. The summed E-state index contributed by atoms with van der Waals surface area (Å²) in [5.74, 6) is 0.601. The first-order valence-electron chi connectivity index (χ1n) is 6.87. The van der Waals surface area contributed by atoms with Gasteiger partial charge in [-0.15, -0.1) is 0 Å². The van der Waals surface area contributed by atoms with Crippen molar-refractivity contribution < 1.29 is 4.39 Å². The van der Waals surface area contributed by atoms with E-state index < -0.39 is 0 Å². The highest BCUT2D eigenvalue weighted by Gasteiger charge is 2.15. The fourth-order valence-electron chi connectivity index (χ4n) is 2.88. The summed E-state index contributed by atoms with van der Waals surface area (Å²) in [6, 6.07) is 4.62. The van der Waals surface area contributed by atoms with Crippen LogP contribution in [0.4, 0.5) is 10.1 Å². The average molecular weight is 250 g/mol. The van der Waals surface area contributed by atoms with Crippen molar-refractivity contribution in [1.82, 2.24) is 4.90 Å². The van der Waals surface area contributed by atoms with Crippen molar-refractivity contribution in [3.05, 3.63) is 29.6 Å². The van der Waals surface area contributed by atoms with E-state index in [1.165, 1.54) is 38.2 Å². The Bertz CT molecular complexity index is 386. The second kappa shape index (κ2) is 6.19. The maximum absolute atomic E-state index is 13.2. The molecule has 0 saturated heterocycles. The van der Waals surface area contributed by atoms with Gasteiger partial charge >= 0.3 is 0 Å². The third-order valence-electron chi connectivity index (χ3n) is 3.84. The molecule has 1 aromatic carbocycles. The van der Waals surface area contributed by atoms with E-state index in [-0.39, 0.29) is 5.82 Å². The zero-order valence-electron chi connectivity index (χ0n) is 11.2. The van der Waals surface area contributed by atoms with Crippen LogP contribution < -0.4 is 5.73 Å². The molecule has 0 aliphatic heterocycles. The van der Waals surface area contributed by atoms with E-state index in [2.05, 4.69) is 11.9 Å². The first-order valence-corrected chi connectivity index (χ1v) is 6.87. The minimum Gasteiger partial charge on any atom is -0.398 e. The van der Waals surface area contributed by atoms with Gasteiger partial charge in [-0.25, -0.2) is 4.39 Å². The van der Waals surface area contributed by atoms with Crippen molar-refractivity contribution >= 4 is 5.69 Å². The molecule has 0 atom stereocenters. The topological polar surface area (TPSA) is 29.3 Å². The van der Waals surface area contributed by atoms with Crippen molar-refractivity contribution in [2.75, 3.05) is 19.3 Å². The Labute approximate surface area is 109 Å². The van der Waals surface area contributed by atoms with Crippen molar-refractivity contribution in [2.45, 2.75) is 38.6 Å². The Balaban J connectivity index is 1.89. The van der Waals surface area contributed by atoms with Gasteiger partial charge in [0.25, 0.3) is 0 Å². The molecular formula is C15H23FN2. The Kier molecular flexibility index (Phi) is 4.59. The maximum Gasteiger partial charge on any atom is 0.123 e. The molecule has 0 heterocycles. The van der Waals surface area contributed by atoms with Gasteiger partial charge in [0.15, 0.2) is 0 Å². The minimum absolute atomic E-state index is 0.203. The highest BCUT2D eigenvalue weighted by atomic mass is 19.1. The van der Waals surface area contributed by atoms with E-state index in [0.717, 1.165) is 24.6 Å². The van der Waals surface area contributed by atoms with Gasteiger partial charge in [0.1, 0.15) is 5.82 Å². The standard InChI is InChI=1S/C15H23FN2/c1-18(10-12-5-3-2-4-6-12)11-13-9-14(16)7-8-15(13)17/h7-9,12H,2-6,10-11,17H2,1H3. The molecule has 1 saturated carbocycles. The quantitative estimate of drug-likeness (QED) is 0.830. The number of anilines is 1. The molecule has 3 heteroatoms. The second-order valence-corrected chi connectivity index (χ2v) is 5.54. The van der Waals surface area contributed by atoms with Crippen molar-refractivity contribution in [2.24, 2.45) is 5.92 Å². The van der Waals surface area contributed by atoms with Gasteiger partial charge in [0, 0.05) is 18.8 Å². The lowest BCUT2D eigenvalue weighted by Crippen LogP contribution is -2.27. The lowest BCUT2D eigenvalue weighted by atomic mass is 9.89. The molecule has 100 valence electrons. The summed E-state index contributed by atoms with van der Waals surface area (Å²) >= 11 is 0. The molecule has 0 radical (unpaired) electrons. The Morgan fingerprint density at radius 2 is 2.00 bits per heavy atom. The molecule has 1 aliphatic rings. The Morgan fingerprint density at radius 1 is 1.28 bits per heavy atom. The van der Waals surface area contributed by atoms with Crippen LogP contribution in [0.1, 0.15) is 37.7 Å². The summed E-state index contributed by atoms with van der Waals surface area (Å²) in [6.45, 7) is 1.83. The number of nitrogens with two attached hydrogens (primary N) is 1. The first kappa shape index (κ1) is 13.3. The predicted octanol–water partition coefficient (Wildman–Crippen LogP) is 3.42. The number of halogens is 1. The molecular weight excluding hydrogens is 227 g/mol. The van der Waals surface area contributed by atoms with Gasteiger partial charge in [0.2, 0.25) is 0 Å². The number of benzene rings is 1. The number of hydrogen-bond acceptors (Lipinski definition) is 2. The van der Waals surface area contributed by atoms with Crippen LogP contribution in [0.5, 0.6) is 0 Å². The van der Waals surface area contributed by atoms with E-state index in [0.29, 0.717) is 5.69 Å². The minimum atomic E-state index is -0.203. The molecule has 0 spiro atoms. The van der Waals surface area contributed by atoms with Gasteiger partial charge in [-0.3, -0.25) is 0 Å². The molecule has 2 nitrogen and oxygen atoms in total. The largest absolute Gasteiger partial charge is 0.398 e. The smallest absolute Gasteiger partial charge is 0.123 e. The van der Waals surface area contributed by atoms with Crippen LogP contribution in [0.15, 0.2) is 18.2 Å². The summed E-state index contributed by atoms with van der Waals surface area (Å²) in [5.41, 5.74) is 7.46. The van der Waals surface area contributed by atoms with E-state index >= 15 is 0 Å². The number of rotatable bonds is 4. The van der Waals surface area contributed by atoms with E-state index in [4.69, 9.17) is 5.73 Å². The Morgan fingerprint density at radius 3 is 2.72 bits per heavy atom. The van der Waals surface area contributed by atoms with Crippen LogP contribution in [-0.2, 0) is 6.54 Å². The molecule has 0 bridgehead atoms. The van der Waals surface area contributed by atoms with E-state index in [9.17, 15) is 4.39 Å². The zero-order chi connectivity index (χ0) is 13.0. The van der Waals surface area contributed by atoms with Crippen LogP contribution in [0, 0.1) is 11.7 Å². The number of nitrogens with zero attached hydrogens (tertiary/aromatic N) is 1. The normalized spacial score (nSPS) is 17.3. The molecule has 2 N–H and O–H groups in total. The highest BCUT2D eigenvalue weighted by molar-refractivity contribution is 5.46. The molecule has 2 rings (SSSR count). The van der Waals surface area contributed by atoms with Crippen LogP contribution >= 0.6 is 0 Å². The highest BCUT2D eigenvalue weighted by Crippen LogP contribution is 2.25. The second-order valence-electron chi connectivity index (χ2n) is 5.54. The van der Waals surface area contributed by atoms with Gasteiger partial charge in [0.05, 0.1) is 0 Å². The van der Waals surface area contributed by atoms with E-state index in [1.807, 2.05) is 0 Å². The third-order valence-corrected chi connectivity index (χ3v) is 3.84. The Hall–Kier alpha value is -1.09. The predicted molar refractivity (Wildman–Crippen MR) is 73.7 cm³/mol. The van der Waals surface area contributed by atoms with Crippen molar-refractivity contribution in [3.8, 4) is 0 Å². The van der Waals surface area contributed by atoms with Gasteiger partial charge < -0.3 is 10.6 Å². The summed E-state index contributed by atoms with van der Waals surface area (Å²) in [5, 5.41) is 0. The van der Waals surface area contributed by atoms with Gasteiger partial charge in [-0.2, -0.15) is 0 Å². The molecule has 18 heavy (non-hydrogen) atoms. The fraction of sp³-hybridized carbons (Fsp3) is 0.600. The summed E-state index contributed by atoms with van der Waals surface area (Å²) in [4.78, 5) is 2.26. The summed E-state index contributed by atoms with van der Waals surface area (Å²) in [6.07, 6.45) is 6.78. The zero-order valence-corrected chi connectivity index (χ0v) is 11.2. The summed E-state index contributed by atoms with van der Waals surface area (Å²) < 4.78 is 13.2. The van der Waals surface area contributed by atoms with E-state index in [1.54, 1.807) is 12.1 Å². The molecule has 0 unspecified atom stereocenters. The lowest BCUT2D eigenvalue weighted by molar-refractivity contribution is 0.228. The monoisotopic (exact) mass is 250 g/mol. The average Bonchev–Trinajstić information content (AvgIpc) is 2.35.